The standard InChI is InChI=1S/C58H102O23/c1-8-10-12-13-14-15-18-21-26-30-38(60)77-53-52(81-55-46(68)43(65)40(62)32(4)71-55)49(78-54-45(67)42(64)39(61)31(3)70-54)35(7)74-58(53)79-48-34(6)73-56-47(69)50(48)76-37(59)29-25-22-19-16-17-20-24-28-36(27-23-11-9-2)75-57-51(80-56)44(66)41(63)33(5)72-57/h31-36,39-58,61-69H,8-30H2,1-7H3/t31-,32-,33+,34-,35-,36-,39-,40-,41-,42+,43+,44-,45+,46+,47+,48-,49-,50-,51+,52+,53+,54-,55-,56-,57-,58-/m0/s1. The van der Waals surface area contributed by atoms with E-state index in [-0.39, 0.29) is 18.9 Å². The zero-order valence-corrected chi connectivity index (χ0v) is 49.0. The van der Waals surface area contributed by atoms with Gasteiger partial charge in [0.1, 0.15) is 79.4 Å². The average molecular weight is 1170 g/mol. The molecule has 6 aliphatic heterocycles. The quantitative estimate of drug-likeness (QED) is 0.0584. The highest BCUT2D eigenvalue weighted by atomic mass is 16.8. The number of aliphatic hydroxyl groups is 9. The second-order valence-corrected chi connectivity index (χ2v) is 23.6. The summed E-state index contributed by atoms with van der Waals surface area (Å²) < 4.78 is 76.0. The van der Waals surface area contributed by atoms with E-state index in [1.807, 2.05) is 0 Å². The molecule has 0 saturated carbocycles. The highest BCUT2D eigenvalue weighted by molar-refractivity contribution is 5.70. The van der Waals surface area contributed by atoms with E-state index in [0.29, 0.717) is 12.8 Å². The smallest absolute Gasteiger partial charge is 0.306 e. The molecule has 6 aliphatic rings. The number of unbranched alkanes of at least 4 members (excludes halogenated alkanes) is 10. The van der Waals surface area contributed by atoms with Crippen molar-refractivity contribution in [3.63, 3.8) is 0 Å². The van der Waals surface area contributed by atoms with Crippen molar-refractivity contribution in [3.8, 4) is 0 Å². The molecule has 0 aromatic heterocycles. The molecule has 0 aromatic carbocycles. The second kappa shape index (κ2) is 33.9. The largest absolute Gasteiger partial charge is 0.456 e. The fourth-order valence-electron chi connectivity index (χ4n) is 11.7. The number of aliphatic hydroxyl groups excluding tert-OH is 9. The van der Waals surface area contributed by atoms with Crippen LogP contribution in [0, 0.1) is 0 Å². The molecule has 26 atom stereocenters. The van der Waals surface area contributed by atoms with Crippen molar-refractivity contribution in [2.75, 3.05) is 0 Å². The Kier molecular flexibility index (Phi) is 28.6. The van der Waals surface area contributed by atoms with Crippen molar-refractivity contribution in [2.45, 2.75) is 356 Å². The summed E-state index contributed by atoms with van der Waals surface area (Å²) >= 11 is 0. The first-order chi connectivity index (χ1) is 38.7. The summed E-state index contributed by atoms with van der Waals surface area (Å²) in [6.45, 7) is 11.9. The Morgan fingerprint density at radius 2 is 0.914 bits per heavy atom. The fraction of sp³-hybridized carbons (Fsp3) is 0.966. The van der Waals surface area contributed by atoms with E-state index in [2.05, 4.69) is 13.8 Å². The molecule has 6 fully saturated rings. The first kappa shape index (κ1) is 68.3. The average Bonchev–Trinajstić information content (AvgIpc) is 3.48. The molecule has 0 aliphatic carbocycles. The van der Waals surface area contributed by atoms with Crippen molar-refractivity contribution in [3.05, 3.63) is 0 Å². The third kappa shape index (κ3) is 19.1. The van der Waals surface area contributed by atoms with Gasteiger partial charge in [-0.1, -0.05) is 123 Å². The Balaban J connectivity index is 1.34. The zero-order valence-electron chi connectivity index (χ0n) is 49.0. The summed E-state index contributed by atoms with van der Waals surface area (Å²) in [4.78, 5) is 28.2. The third-order valence-corrected chi connectivity index (χ3v) is 16.9. The summed E-state index contributed by atoms with van der Waals surface area (Å²) in [5, 5.41) is 101. The molecule has 472 valence electrons. The van der Waals surface area contributed by atoms with Gasteiger partial charge < -0.3 is 103 Å². The Morgan fingerprint density at radius 3 is 1.53 bits per heavy atom. The van der Waals surface area contributed by atoms with Crippen molar-refractivity contribution in [1.82, 2.24) is 0 Å². The lowest BCUT2D eigenvalue weighted by molar-refractivity contribution is -0.399. The van der Waals surface area contributed by atoms with Crippen LogP contribution in [0.4, 0.5) is 0 Å². The van der Waals surface area contributed by atoms with Crippen LogP contribution in [-0.2, 0) is 66.4 Å². The maximum Gasteiger partial charge on any atom is 0.306 e. The summed E-state index contributed by atoms with van der Waals surface area (Å²) in [5.41, 5.74) is 0. The predicted molar refractivity (Wildman–Crippen MR) is 287 cm³/mol. The maximum absolute atomic E-state index is 14.2. The third-order valence-electron chi connectivity index (χ3n) is 16.9. The maximum atomic E-state index is 14.2. The van der Waals surface area contributed by atoms with E-state index >= 15 is 0 Å². The van der Waals surface area contributed by atoms with Crippen LogP contribution in [0.15, 0.2) is 0 Å². The number of esters is 2. The highest BCUT2D eigenvalue weighted by Crippen LogP contribution is 2.39. The van der Waals surface area contributed by atoms with E-state index in [0.717, 1.165) is 109 Å². The van der Waals surface area contributed by atoms with Crippen LogP contribution in [0.5, 0.6) is 0 Å². The number of hydrogen-bond donors (Lipinski definition) is 9. The van der Waals surface area contributed by atoms with Gasteiger partial charge in [-0.05, 0) is 60.3 Å². The van der Waals surface area contributed by atoms with Crippen molar-refractivity contribution in [2.24, 2.45) is 0 Å². The molecular formula is C58H102O23. The van der Waals surface area contributed by atoms with E-state index in [1.54, 1.807) is 13.8 Å². The normalized spacial score (nSPS) is 43.5. The van der Waals surface area contributed by atoms with E-state index in [9.17, 15) is 55.5 Å². The highest BCUT2D eigenvalue weighted by Gasteiger charge is 2.58. The van der Waals surface area contributed by atoms with Crippen molar-refractivity contribution in [1.29, 1.82) is 0 Å². The zero-order chi connectivity index (χ0) is 58.9. The van der Waals surface area contributed by atoms with Gasteiger partial charge in [0.05, 0.1) is 36.6 Å². The molecule has 81 heavy (non-hydrogen) atoms. The molecule has 0 unspecified atom stereocenters. The predicted octanol–water partition coefficient (Wildman–Crippen LogP) is 3.73. The molecule has 0 aromatic rings. The van der Waals surface area contributed by atoms with Gasteiger partial charge in [-0.2, -0.15) is 0 Å². The molecule has 0 amide bonds. The number of carbonyl (C=O) groups is 2. The molecule has 6 rings (SSSR count). The van der Waals surface area contributed by atoms with Crippen LogP contribution < -0.4 is 0 Å². The van der Waals surface area contributed by atoms with Gasteiger partial charge in [-0.25, -0.2) is 0 Å². The van der Waals surface area contributed by atoms with Gasteiger partial charge >= 0.3 is 11.9 Å². The van der Waals surface area contributed by atoms with Crippen LogP contribution in [0.3, 0.4) is 0 Å². The summed E-state index contributed by atoms with van der Waals surface area (Å²) in [6.07, 6.45) is -19.0. The minimum absolute atomic E-state index is 0.0155. The SMILES string of the molecule is CCCCCCCCCCCC(=O)O[C@H]1[C@H](O[C@@H]2[C@H]3OC(=O)CCCCCCCCC[C@H](CCCCC)O[C@@H]4O[C@H](C)[C@H](O)[C@H](O)[C@H]4O[C@H](O[C@H]2C)[C@@H]3O)O[C@@H](C)[C@H](O[C@@H]2O[C@@H](C)[C@H](O)[C@@H](O)[C@H]2O)[C@H]1O[C@@H]1O[C@@H](C)[C@H](O)[C@@H](O)[C@H]1O. The molecule has 0 radical (unpaired) electrons. The minimum Gasteiger partial charge on any atom is -0.456 e. The minimum atomic E-state index is -1.88. The molecule has 6 saturated heterocycles. The Bertz CT molecular complexity index is 1800. The fourth-order valence-corrected chi connectivity index (χ4v) is 11.7. The topological polar surface area (TPSA) is 327 Å². The summed E-state index contributed by atoms with van der Waals surface area (Å²) in [7, 11) is 0. The van der Waals surface area contributed by atoms with Crippen LogP contribution in [0.25, 0.3) is 0 Å². The molecule has 2 bridgehead atoms. The van der Waals surface area contributed by atoms with E-state index < -0.39 is 165 Å². The van der Waals surface area contributed by atoms with Crippen LogP contribution in [0.2, 0.25) is 0 Å². The Hall–Kier alpha value is -1.82. The van der Waals surface area contributed by atoms with Crippen LogP contribution in [-0.4, -0.2) is 218 Å². The van der Waals surface area contributed by atoms with Gasteiger partial charge in [0.2, 0.25) is 0 Å². The second-order valence-electron chi connectivity index (χ2n) is 23.6. The molecule has 0 spiro atoms. The molecule has 6 heterocycles. The van der Waals surface area contributed by atoms with Gasteiger partial charge in [0, 0.05) is 12.8 Å². The van der Waals surface area contributed by atoms with Gasteiger partial charge in [0.15, 0.2) is 43.7 Å². The summed E-state index contributed by atoms with van der Waals surface area (Å²) in [6, 6.07) is 0. The van der Waals surface area contributed by atoms with Crippen molar-refractivity contribution >= 4 is 11.9 Å². The van der Waals surface area contributed by atoms with E-state index in [1.165, 1.54) is 33.6 Å². The van der Waals surface area contributed by atoms with Gasteiger partial charge in [0.25, 0.3) is 0 Å². The molecule has 9 N–H and O–H groups in total. The van der Waals surface area contributed by atoms with Gasteiger partial charge in [-0.3, -0.25) is 9.59 Å². The molecule has 23 heteroatoms. The molecular weight excluding hydrogens is 1060 g/mol. The number of ether oxygens (including phenoxy) is 12. The first-order valence-electron chi connectivity index (χ1n) is 30.8. The lowest BCUT2D eigenvalue weighted by atomic mass is 9.95. The van der Waals surface area contributed by atoms with E-state index in [4.69, 9.17) is 56.8 Å². The monoisotopic (exact) mass is 1170 g/mol. The number of hydrogen-bond acceptors (Lipinski definition) is 23. The number of rotatable bonds is 21. The lowest BCUT2D eigenvalue weighted by Crippen LogP contribution is -2.68. The number of carbonyl (C=O) groups excluding carboxylic acids is 2. The lowest BCUT2D eigenvalue weighted by Gasteiger charge is -2.51. The summed E-state index contributed by atoms with van der Waals surface area (Å²) in [5.74, 6) is -1.41. The Morgan fingerprint density at radius 1 is 0.432 bits per heavy atom. The van der Waals surface area contributed by atoms with Crippen LogP contribution in [0.1, 0.15) is 196 Å². The van der Waals surface area contributed by atoms with Crippen LogP contribution >= 0.6 is 0 Å². The Labute approximate surface area is 478 Å². The number of fused-ring (bicyclic) bond motifs is 3. The molecule has 23 nitrogen and oxygen atoms in total. The van der Waals surface area contributed by atoms with Gasteiger partial charge in [-0.15, -0.1) is 0 Å². The first-order valence-corrected chi connectivity index (χ1v) is 30.8. The van der Waals surface area contributed by atoms with Crippen molar-refractivity contribution < 1.29 is 112 Å².